The van der Waals surface area contributed by atoms with Gasteiger partial charge in [-0.3, -0.25) is 4.98 Å². The van der Waals surface area contributed by atoms with Crippen LogP contribution < -0.4 is 0 Å². The molecule has 0 atom stereocenters. The first kappa shape index (κ1) is 19.1. The highest BCUT2D eigenvalue weighted by Crippen LogP contribution is 2.33. The summed E-state index contributed by atoms with van der Waals surface area (Å²) in [6.07, 6.45) is 3.06. The Kier molecular flexibility index (Phi) is 5.80. The molecule has 0 bridgehead atoms. The molecule has 0 aliphatic rings. The minimum absolute atomic E-state index is 0.178. The number of aryl methyl sites for hydroxylation is 2. The lowest BCUT2D eigenvalue weighted by Crippen LogP contribution is -2.16. The van der Waals surface area contributed by atoms with Gasteiger partial charge in [-0.15, -0.1) is 11.8 Å². The molecule has 1 aromatic heterocycles. The van der Waals surface area contributed by atoms with E-state index in [0.717, 1.165) is 17.9 Å². The minimum atomic E-state index is 0.178. The Morgan fingerprint density at radius 2 is 1.46 bits per heavy atom. The fourth-order valence-electron chi connectivity index (χ4n) is 2.48. The number of aromatic nitrogens is 1. The lowest BCUT2D eigenvalue weighted by molar-refractivity contribution is 0.565. The summed E-state index contributed by atoms with van der Waals surface area (Å²) in [5.41, 5.74) is 5.61. The van der Waals surface area contributed by atoms with Crippen molar-refractivity contribution in [2.24, 2.45) is 0 Å². The van der Waals surface area contributed by atoms with Crippen LogP contribution in [0.1, 0.15) is 63.9 Å². The van der Waals surface area contributed by atoms with Gasteiger partial charge in [-0.05, 0) is 59.1 Å². The number of hydrogen-bond donors (Lipinski definition) is 0. The van der Waals surface area contributed by atoms with Crippen molar-refractivity contribution < 1.29 is 0 Å². The molecule has 0 unspecified atom stereocenters. The Morgan fingerprint density at radius 3 is 1.92 bits per heavy atom. The van der Waals surface area contributed by atoms with E-state index in [1.165, 1.54) is 21.6 Å². The van der Waals surface area contributed by atoms with Gasteiger partial charge in [-0.1, -0.05) is 53.7 Å². The average molecular weight is 342 g/mol. The summed E-state index contributed by atoms with van der Waals surface area (Å²) >= 11 is 1.95. The molecule has 0 N–H and O–H groups in total. The Bertz CT molecular complexity index is 640. The zero-order chi connectivity index (χ0) is 18.0. The maximum atomic E-state index is 4.39. The first-order chi connectivity index (χ1) is 11.1. The van der Waals surface area contributed by atoms with Gasteiger partial charge in [0.25, 0.3) is 0 Å². The standard InChI is InChI=1S/C22H31NS/c1-16-8-9-17(15-23-16)10-11-24-20-13-18(21(2,3)4)12-19(14-20)22(5,6)7/h8-9,12-15H,10-11H2,1-7H3. The largest absolute Gasteiger partial charge is 0.261 e. The van der Waals surface area contributed by atoms with E-state index in [9.17, 15) is 0 Å². The van der Waals surface area contributed by atoms with Gasteiger partial charge in [-0.25, -0.2) is 0 Å². The van der Waals surface area contributed by atoms with Crippen molar-refractivity contribution in [2.45, 2.75) is 70.6 Å². The van der Waals surface area contributed by atoms with E-state index < -0.39 is 0 Å². The molecule has 0 amide bonds. The molecule has 2 aromatic rings. The SMILES string of the molecule is Cc1ccc(CCSc2cc(C(C)(C)C)cc(C(C)(C)C)c2)cn1. The molecule has 0 radical (unpaired) electrons. The molecule has 0 aliphatic carbocycles. The summed E-state index contributed by atoms with van der Waals surface area (Å²) in [7, 11) is 0. The molecule has 24 heavy (non-hydrogen) atoms. The third kappa shape index (κ3) is 5.37. The van der Waals surface area contributed by atoms with Crippen LogP contribution in [0.25, 0.3) is 0 Å². The van der Waals surface area contributed by atoms with E-state index >= 15 is 0 Å². The van der Waals surface area contributed by atoms with Gasteiger partial charge in [0, 0.05) is 22.5 Å². The lowest BCUT2D eigenvalue weighted by Gasteiger charge is -2.26. The van der Waals surface area contributed by atoms with Gasteiger partial charge < -0.3 is 0 Å². The van der Waals surface area contributed by atoms with Crippen LogP contribution in [0, 0.1) is 6.92 Å². The third-order valence-electron chi connectivity index (χ3n) is 4.27. The molecule has 1 nitrogen and oxygen atoms in total. The fraction of sp³-hybridized carbons (Fsp3) is 0.500. The maximum Gasteiger partial charge on any atom is 0.0372 e. The summed E-state index contributed by atoms with van der Waals surface area (Å²) in [4.78, 5) is 5.77. The normalized spacial score (nSPS) is 12.5. The van der Waals surface area contributed by atoms with E-state index in [2.05, 4.69) is 76.9 Å². The second kappa shape index (κ2) is 7.31. The summed E-state index contributed by atoms with van der Waals surface area (Å²) < 4.78 is 0. The molecule has 1 aromatic carbocycles. The summed E-state index contributed by atoms with van der Waals surface area (Å²) in [5, 5.41) is 0. The molecule has 130 valence electrons. The lowest BCUT2D eigenvalue weighted by atomic mass is 9.81. The maximum absolute atomic E-state index is 4.39. The first-order valence-corrected chi connectivity index (χ1v) is 9.75. The molecule has 0 saturated heterocycles. The van der Waals surface area contributed by atoms with Crippen molar-refractivity contribution in [3.8, 4) is 0 Å². The van der Waals surface area contributed by atoms with Gasteiger partial charge in [-0.2, -0.15) is 0 Å². The number of benzene rings is 1. The summed E-state index contributed by atoms with van der Waals surface area (Å²) in [6, 6.07) is 11.4. The Hall–Kier alpha value is -1.28. The highest BCUT2D eigenvalue weighted by molar-refractivity contribution is 7.99. The second-order valence-corrected chi connectivity index (χ2v) is 9.82. The van der Waals surface area contributed by atoms with Gasteiger partial charge >= 0.3 is 0 Å². The Morgan fingerprint density at radius 1 is 0.875 bits per heavy atom. The fourth-order valence-corrected chi connectivity index (χ4v) is 3.48. The van der Waals surface area contributed by atoms with Crippen molar-refractivity contribution >= 4 is 11.8 Å². The molecule has 2 rings (SSSR count). The molecule has 0 spiro atoms. The van der Waals surface area contributed by atoms with Gasteiger partial charge in [0.05, 0.1) is 0 Å². The van der Waals surface area contributed by atoms with E-state index in [-0.39, 0.29) is 10.8 Å². The van der Waals surface area contributed by atoms with Crippen molar-refractivity contribution in [1.29, 1.82) is 0 Å². The topological polar surface area (TPSA) is 12.9 Å². The quantitative estimate of drug-likeness (QED) is 0.603. The molecular formula is C22H31NS. The van der Waals surface area contributed by atoms with E-state index in [1.807, 2.05) is 24.9 Å². The van der Waals surface area contributed by atoms with Crippen molar-refractivity contribution in [3.63, 3.8) is 0 Å². The average Bonchev–Trinajstić information content (AvgIpc) is 2.47. The van der Waals surface area contributed by atoms with Crippen LogP contribution in [0.5, 0.6) is 0 Å². The van der Waals surface area contributed by atoms with Crippen LogP contribution >= 0.6 is 11.8 Å². The number of pyridine rings is 1. The van der Waals surface area contributed by atoms with Crippen LogP contribution in [0.3, 0.4) is 0 Å². The highest BCUT2D eigenvalue weighted by atomic mass is 32.2. The zero-order valence-electron chi connectivity index (χ0n) is 16.2. The molecule has 2 heteroatoms. The molecular weight excluding hydrogens is 310 g/mol. The van der Waals surface area contributed by atoms with Crippen LogP contribution in [0.4, 0.5) is 0 Å². The number of rotatable bonds is 4. The summed E-state index contributed by atoms with van der Waals surface area (Å²) in [5.74, 6) is 1.09. The van der Waals surface area contributed by atoms with Gasteiger partial charge in [0.2, 0.25) is 0 Å². The van der Waals surface area contributed by atoms with Crippen LogP contribution in [0.15, 0.2) is 41.4 Å². The number of hydrogen-bond acceptors (Lipinski definition) is 2. The Labute approximate surface area is 152 Å². The second-order valence-electron chi connectivity index (χ2n) is 8.65. The van der Waals surface area contributed by atoms with Crippen molar-refractivity contribution in [1.82, 2.24) is 4.98 Å². The first-order valence-electron chi connectivity index (χ1n) is 8.76. The summed E-state index contributed by atoms with van der Waals surface area (Å²) in [6.45, 7) is 15.8. The van der Waals surface area contributed by atoms with Crippen molar-refractivity contribution in [3.05, 3.63) is 58.9 Å². The number of nitrogens with zero attached hydrogens (tertiary/aromatic N) is 1. The van der Waals surface area contributed by atoms with E-state index in [1.54, 1.807) is 0 Å². The molecule has 0 fully saturated rings. The Balaban J connectivity index is 2.15. The predicted molar refractivity (Wildman–Crippen MR) is 107 cm³/mol. The smallest absolute Gasteiger partial charge is 0.0372 e. The molecule has 0 saturated carbocycles. The van der Waals surface area contributed by atoms with E-state index in [4.69, 9.17) is 0 Å². The van der Waals surface area contributed by atoms with Gasteiger partial charge in [0.15, 0.2) is 0 Å². The third-order valence-corrected chi connectivity index (χ3v) is 5.25. The van der Waals surface area contributed by atoms with E-state index in [0.29, 0.717) is 0 Å². The zero-order valence-corrected chi connectivity index (χ0v) is 17.1. The van der Waals surface area contributed by atoms with Crippen LogP contribution in [-0.4, -0.2) is 10.7 Å². The predicted octanol–water partition coefficient (Wildman–Crippen LogP) is 6.32. The molecule has 0 aliphatic heterocycles. The minimum Gasteiger partial charge on any atom is -0.261 e. The monoisotopic (exact) mass is 341 g/mol. The van der Waals surface area contributed by atoms with Crippen LogP contribution in [0.2, 0.25) is 0 Å². The van der Waals surface area contributed by atoms with Crippen molar-refractivity contribution in [2.75, 3.05) is 5.75 Å². The highest BCUT2D eigenvalue weighted by Gasteiger charge is 2.20. The number of thioether (sulfide) groups is 1. The van der Waals surface area contributed by atoms with Gasteiger partial charge in [0.1, 0.15) is 0 Å². The van der Waals surface area contributed by atoms with Crippen LogP contribution in [-0.2, 0) is 17.3 Å². The molecule has 1 heterocycles.